The number of carbonyl (C=O) groups excluding carboxylic acids is 1. The molecular formula is C23H30N2O3S. The highest BCUT2D eigenvalue weighted by Crippen LogP contribution is 2.23. The van der Waals surface area contributed by atoms with Crippen LogP contribution in [0.2, 0.25) is 0 Å². The topological polar surface area (TPSA) is 75.3 Å². The Balaban J connectivity index is 1.74. The zero-order valence-electron chi connectivity index (χ0n) is 17.0. The second-order valence-corrected chi connectivity index (χ2v) is 9.39. The molecule has 0 aliphatic heterocycles. The van der Waals surface area contributed by atoms with Gasteiger partial charge < -0.3 is 5.32 Å². The van der Waals surface area contributed by atoms with E-state index in [0.717, 1.165) is 50.5 Å². The summed E-state index contributed by atoms with van der Waals surface area (Å²) in [5.41, 5.74) is 1.77. The number of anilines is 1. The Bertz CT molecular complexity index is 917. The lowest BCUT2D eigenvalue weighted by Crippen LogP contribution is -2.36. The summed E-state index contributed by atoms with van der Waals surface area (Å²) in [6.45, 7) is 2.13. The minimum absolute atomic E-state index is 0.163. The zero-order valence-corrected chi connectivity index (χ0v) is 17.8. The third-order valence-corrected chi connectivity index (χ3v) is 6.79. The van der Waals surface area contributed by atoms with E-state index in [1.165, 1.54) is 6.42 Å². The first-order valence-corrected chi connectivity index (χ1v) is 12.0. The van der Waals surface area contributed by atoms with Crippen molar-refractivity contribution < 1.29 is 13.2 Å². The molecule has 1 amide bonds. The average molecular weight is 415 g/mol. The second-order valence-electron chi connectivity index (χ2n) is 7.71. The Morgan fingerprint density at radius 3 is 2.38 bits per heavy atom. The third kappa shape index (κ3) is 5.82. The molecule has 29 heavy (non-hydrogen) atoms. The molecule has 0 heterocycles. The number of carbonyl (C=O) groups is 1. The van der Waals surface area contributed by atoms with Crippen LogP contribution in [0.15, 0.2) is 53.4 Å². The van der Waals surface area contributed by atoms with Crippen LogP contribution < -0.4 is 10.0 Å². The van der Waals surface area contributed by atoms with Crippen molar-refractivity contribution >= 4 is 21.6 Å². The molecule has 0 atom stereocenters. The van der Waals surface area contributed by atoms with Crippen LogP contribution in [-0.4, -0.2) is 20.4 Å². The van der Waals surface area contributed by atoms with Crippen molar-refractivity contribution in [3.8, 4) is 0 Å². The van der Waals surface area contributed by atoms with E-state index in [-0.39, 0.29) is 16.8 Å². The summed E-state index contributed by atoms with van der Waals surface area (Å²) in [6.07, 6.45) is 8.51. The van der Waals surface area contributed by atoms with Gasteiger partial charge in [-0.15, -0.1) is 0 Å². The van der Waals surface area contributed by atoms with E-state index >= 15 is 0 Å². The lowest BCUT2D eigenvalue weighted by atomic mass is 9.95. The molecule has 2 aromatic carbocycles. The van der Waals surface area contributed by atoms with Crippen molar-refractivity contribution in [2.45, 2.75) is 69.2 Å². The number of unbranched alkanes of at least 4 members (excludes halogenated alkanes) is 1. The van der Waals surface area contributed by atoms with Gasteiger partial charge in [-0.05, 0) is 55.5 Å². The van der Waals surface area contributed by atoms with Crippen molar-refractivity contribution in [3.05, 3.63) is 59.7 Å². The number of hydrogen-bond donors (Lipinski definition) is 2. The first-order chi connectivity index (χ1) is 14.0. The number of aryl methyl sites for hydroxylation is 1. The highest BCUT2D eigenvalue weighted by molar-refractivity contribution is 7.92. The van der Waals surface area contributed by atoms with Gasteiger partial charge in [0.05, 0.1) is 16.1 Å². The van der Waals surface area contributed by atoms with Gasteiger partial charge >= 0.3 is 0 Å². The molecule has 0 spiro atoms. The molecule has 156 valence electrons. The van der Waals surface area contributed by atoms with Gasteiger partial charge in [0.2, 0.25) is 0 Å². The fraction of sp³-hybridized carbons (Fsp3) is 0.435. The van der Waals surface area contributed by atoms with Crippen LogP contribution >= 0.6 is 0 Å². The maximum absolute atomic E-state index is 12.8. The summed E-state index contributed by atoms with van der Waals surface area (Å²) in [7, 11) is -3.77. The molecule has 6 heteroatoms. The third-order valence-electron chi connectivity index (χ3n) is 5.41. The first kappa shape index (κ1) is 21.4. The Hall–Kier alpha value is -2.34. The number of benzene rings is 2. The van der Waals surface area contributed by atoms with Gasteiger partial charge in [-0.3, -0.25) is 9.52 Å². The summed E-state index contributed by atoms with van der Waals surface area (Å²) in [5, 5.41) is 3.05. The average Bonchev–Trinajstić information content (AvgIpc) is 2.73. The predicted octanol–water partition coefficient (Wildman–Crippen LogP) is 4.89. The Labute approximate surface area is 174 Å². The number of amides is 1. The van der Waals surface area contributed by atoms with Gasteiger partial charge in [0.25, 0.3) is 15.9 Å². The van der Waals surface area contributed by atoms with Crippen molar-refractivity contribution in [2.24, 2.45) is 0 Å². The summed E-state index contributed by atoms with van der Waals surface area (Å²) in [4.78, 5) is 12.9. The molecule has 0 saturated heterocycles. The van der Waals surface area contributed by atoms with Crippen molar-refractivity contribution in [1.29, 1.82) is 0 Å². The molecule has 1 fully saturated rings. The van der Waals surface area contributed by atoms with Crippen LogP contribution in [0.1, 0.15) is 67.8 Å². The van der Waals surface area contributed by atoms with E-state index in [1.54, 1.807) is 36.4 Å². The summed E-state index contributed by atoms with van der Waals surface area (Å²) >= 11 is 0. The van der Waals surface area contributed by atoms with Crippen LogP contribution in [-0.2, 0) is 16.4 Å². The maximum atomic E-state index is 12.8. The maximum Gasteiger partial charge on any atom is 0.261 e. The van der Waals surface area contributed by atoms with Gasteiger partial charge in [-0.2, -0.15) is 0 Å². The number of rotatable bonds is 8. The van der Waals surface area contributed by atoms with E-state index < -0.39 is 10.0 Å². The van der Waals surface area contributed by atoms with E-state index in [4.69, 9.17) is 0 Å². The summed E-state index contributed by atoms with van der Waals surface area (Å²) in [5.74, 6) is -0.231. The molecule has 1 aliphatic rings. The molecular weight excluding hydrogens is 384 g/mol. The van der Waals surface area contributed by atoms with Crippen LogP contribution in [0.3, 0.4) is 0 Å². The van der Waals surface area contributed by atoms with Crippen LogP contribution in [0.4, 0.5) is 5.69 Å². The number of nitrogens with one attached hydrogen (secondary N) is 2. The largest absolute Gasteiger partial charge is 0.349 e. The normalized spacial score (nSPS) is 15.1. The van der Waals surface area contributed by atoms with Gasteiger partial charge in [0.15, 0.2) is 0 Å². The predicted molar refractivity (Wildman–Crippen MR) is 117 cm³/mol. The SMILES string of the molecule is CCCCc1ccc(S(=O)(=O)Nc2ccccc2C(=O)NC2CCCCC2)cc1. The van der Waals surface area contributed by atoms with E-state index in [2.05, 4.69) is 17.0 Å². The van der Waals surface area contributed by atoms with Gasteiger partial charge in [0, 0.05) is 6.04 Å². The monoisotopic (exact) mass is 414 g/mol. The molecule has 0 bridgehead atoms. The Morgan fingerprint density at radius 1 is 1.00 bits per heavy atom. The quantitative estimate of drug-likeness (QED) is 0.646. The summed E-state index contributed by atoms with van der Waals surface area (Å²) in [6, 6.07) is 13.9. The Morgan fingerprint density at radius 2 is 1.69 bits per heavy atom. The molecule has 0 radical (unpaired) electrons. The van der Waals surface area contributed by atoms with Crippen molar-refractivity contribution in [2.75, 3.05) is 4.72 Å². The molecule has 0 aromatic heterocycles. The molecule has 2 aromatic rings. The van der Waals surface area contributed by atoms with E-state index in [9.17, 15) is 13.2 Å². The highest BCUT2D eigenvalue weighted by Gasteiger charge is 2.21. The second kappa shape index (κ2) is 9.92. The highest BCUT2D eigenvalue weighted by atomic mass is 32.2. The van der Waals surface area contributed by atoms with E-state index in [1.807, 2.05) is 12.1 Å². The fourth-order valence-electron chi connectivity index (χ4n) is 3.70. The molecule has 2 N–H and O–H groups in total. The number of hydrogen-bond acceptors (Lipinski definition) is 3. The van der Waals surface area contributed by atoms with Crippen LogP contribution in [0.5, 0.6) is 0 Å². The summed E-state index contributed by atoms with van der Waals surface area (Å²) < 4.78 is 28.3. The molecule has 1 saturated carbocycles. The van der Waals surface area contributed by atoms with Crippen molar-refractivity contribution in [3.63, 3.8) is 0 Å². The van der Waals surface area contributed by atoms with E-state index in [0.29, 0.717) is 11.3 Å². The first-order valence-electron chi connectivity index (χ1n) is 10.5. The lowest BCUT2D eigenvalue weighted by Gasteiger charge is -2.23. The molecule has 1 aliphatic carbocycles. The number of sulfonamides is 1. The minimum atomic E-state index is -3.77. The molecule has 3 rings (SSSR count). The minimum Gasteiger partial charge on any atom is -0.349 e. The lowest BCUT2D eigenvalue weighted by molar-refractivity contribution is 0.0928. The van der Waals surface area contributed by atoms with Gasteiger partial charge in [-0.1, -0.05) is 56.9 Å². The standard InChI is InChI=1S/C23H30N2O3S/c1-2-3-9-18-14-16-20(17-15-18)29(27,28)25-22-13-8-7-12-21(22)23(26)24-19-10-5-4-6-11-19/h7-8,12-17,19,25H,2-6,9-11H2,1H3,(H,24,26). The smallest absolute Gasteiger partial charge is 0.261 e. The molecule has 5 nitrogen and oxygen atoms in total. The number of para-hydroxylation sites is 1. The molecule has 0 unspecified atom stereocenters. The fourth-order valence-corrected chi connectivity index (χ4v) is 4.78. The zero-order chi connectivity index (χ0) is 20.7. The van der Waals surface area contributed by atoms with Crippen LogP contribution in [0, 0.1) is 0 Å². The van der Waals surface area contributed by atoms with Gasteiger partial charge in [0.1, 0.15) is 0 Å². The van der Waals surface area contributed by atoms with Gasteiger partial charge in [-0.25, -0.2) is 8.42 Å². The van der Waals surface area contributed by atoms with Crippen molar-refractivity contribution in [1.82, 2.24) is 5.32 Å². The van der Waals surface area contributed by atoms with Crippen LogP contribution in [0.25, 0.3) is 0 Å². The Kier molecular flexibility index (Phi) is 7.31.